The van der Waals surface area contributed by atoms with Gasteiger partial charge in [-0.25, -0.2) is 5.01 Å². The van der Waals surface area contributed by atoms with Crippen LogP contribution >= 0.6 is 23.2 Å². The summed E-state index contributed by atoms with van der Waals surface area (Å²) in [4.78, 5) is 0. The molecule has 0 aromatic heterocycles. The zero-order valence-electron chi connectivity index (χ0n) is 12.6. The van der Waals surface area contributed by atoms with Gasteiger partial charge >= 0.3 is 0 Å². The van der Waals surface area contributed by atoms with Crippen LogP contribution in [0, 0.1) is 0 Å². The van der Waals surface area contributed by atoms with Crippen molar-refractivity contribution in [1.29, 1.82) is 0 Å². The summed E-state index contributed by atoms with van der Waals surface area (Å²) in [6, 6.07) is 22.6. The second-order valence-corrected chi connectivity index (χ2v) is 5.90. The van der Waals surface area contributed by atoms with Gasteiger partial charge in [0, 0.05) is 10.6 Å². The quantitative estimate of drug-likeness (QED) is 0.468. The minimum atomic E-state index is -0.0501. The zero-order chi connectivity index (χ0) is 16.9. The van der Waals surface area contributed by atoms with Gasteiger partial charge in [-0.3, -0.25) is 0 Å². The molecule has 1 N–H and O–H groups in total. The molecule has 3 aromatic rings. The van der Waals surface area contributed by atoms with Crippen molar-refractivity contribution in [2.75, 3.05) is 5.01 Å². The van der Waals surface area contributed by atoms with Gasteiger partial charge in [-0.1, -0.05) is 59.6 Å². The van der Waals surface area contributed by atoms with E-state index in [-0.39, 0.29) is 10.8 Å². The van der Waals surface area contributed by atoms with Crippen molar-refractivity contribution in [2.24, 2.45) is 5.10 Å². The summed E-state index contributed by atoms with van der Waals surface area (Å²) in [7, 11) is 0. The highest BCUT2D eigenvalue weighted by molar-refractivity contribution is 6.36. The molecule has 120 valence electrons. The van der Waals surface area contributed by atoms with E-state index in [0.29, 0.717) is 10.6 Å². The molecular weight excluding hydrogens is 343 g/mol. The van der Waals surface area contributed by atoms with Crippen molar-refractivity contribution < 1.29 is 5.11 Å². The average Bonchev–Trinajstić information content (AvgIpc) is 2.61. The minimum Gasteiger partial charge on any atom is -0.506 e. The first-order valence-electron chi connectivity index (χ1n) is 7.27. The fourth-order valence-corrected chi connectivity index (χ4v) is 2.73. The molecule has 3 aromatic carbocycles. The van der Waals surface area contributed by atoms with Gasteiger partial charge in [-0.05, 0) is 36.4 Å². The molecule has 0 aliphatic rings. The van der Waals surface area contributed by atoms with Gasteiger partial charge in [0.25, 0.3) is 0 Å². The van der Waals surface area contributed by atoms with Crippen molar-refractivity contribution in [3.8, 4) is 5.75 Å². The first-order valence-corrected chi connectivity index (χ1v) is 8.03. The number of benzene rings is 3. The molecule has 0 aliphatic heterocycles. The van der Waals surface area contributed by atoms with Gasteiger partial charge in [-0.2, -0.15) is 5.10 Å². The number of hydrogen-bond acceptors (Lipinski definition) is 3. The Bertz CT molecular complexity index is 813. The largest absolute Gasteiger partial charge is 0.506 e. The second kappa shape index (κ2) is 7.39. The molecule has 0 bridgehead atoms. The number of aromatic hydroxyl groups is 1. The first kappa shape index (κ1) is 16.4. The number of phenolic OH excluding ortho intramolecular Hbond substituents is 1. The van der Waals surface area contributed by atoms with Gasteiger partial charge in [0.2, 0.25) is 0 Å². The number of phenols is 1. The molecule has 0 saturated heterocycles. The monoisotopic (exact) mass is 356 g/mol. The Morgan fingerprint density at radius 2 is 1.38 bits per heavy atom. The van der Waals surface area contributed by atoms with Crippen LogP contribution in [-0.2, 0) is 0 Å². The van der Waals surface area contributed by atoms with Gasteiger partial charge < -0.3 is 5.11 Å². The van der Waals surface area contributed by atoms with E-state index in [1.807, 2.05) is 60.7 Å². The molecule has 0 radical (unpaired) electrons. The van der Waals surface area contributed by atoms with Crippen molar-refractivity contribution in [3.63, 3.8) is 0 Å². The van der Waals surface area contributed by atoms with E-state index in [0.717, 1.165) is 11.4 Å². The van der Waals surface area contributed by atoms with Crippen molar-refractivity contribution in [1.82, 2.24) is 0 Å². The van der Waals surface area contributed by atoms with Crippen LogP contribution in [0.15, 0.2) is 77.9 Å². The van der Waals surface area contributed by atoms with Crippen LogP contribution in [0.1, 0.15) is 5.56 Å². The molecular formula is C19H14Cl2N2O. The number of hydrogen-bond donors (Lipinski definition) is 1. The topological polar surface area (TPSA) is 35.8 Å². The third kappa shape index (κ3) is 3.70. The average molecular weight is 357 g/mol. The standard InChI is InChI=1S/C19H14Cl2N2O/c20-15-11-14(19(24)18(21)12-15)13-22-23(16-7-3-1-4-8-16)17-9-5-2-6-10-17/h1-13,24H/b22-13+. The maximum atomic E-state index is 10.1. The third-order valence-corrected chi connectivity index (χ3v) is 3.88. The summed E-state index contributed by atoms with van der Waals surface area (Å²) in [5, 5.41) is 17.0. The van der Waals surface area contributed by atoms with Gasteiger partial charge in [0.05, 0.1) is 22.6 Å². The predicted octanol–water partition coefficient (Wildman–Crippen LogP) is 5.87. The Morgan fingerprint density at radius 1 is 0.833 bits per heavy atom. The fraction of sp³-hybridized carbons (Fsp3) is 0. The van der Waals surface area contributed by atoms with Crippen LogP contribution in [0.5, 0.6) is 5.75 Å². The maximum Gasteiger partial charge on any atom is 0.143 e. The summed E-state index contributed by atoms with van der Waals surface area (Å²) in [5.41, 5.74) is 2.24. The second-order valence-electron chi connectivity index (χ2n) is 5.05. The summed E-state index contributed by atoms with van der Waals surface area (Å²) in [5.74, 6) is -0.0501. The summed E-state index contributed by atoms with van der Waals surface area (Å²) in [6.07, 6.45) is 1.53. The molecule has 0 atom stereocenters. The van der Waals surface area contributed by atoms with E-state index in [2.05, 4.69) is 5.10 Å². The van der Waals surface area contributed by atoms with Crippen LogP contribution in [0.3, 0.4) is 0 Å². The SMILES string of the molecule is Oc1c(Cl)cc(Cl)cc1/C=N/N(c1ccccc1)c1ccccc1. The lowest BCUT2D eigenvalue weighted by molar-refractivity contribution is 0.474. The van der Waals surface area contributed by atoms with E-state index in [9.17, 15) is 5.11 Å². The molecule has 0 aliphatic carbocycles. The summed E-state index contributed by atoms with van der Waals surface area (Å²) >= 11 is 12.0. The molecule has 0 saturated carbocycles. The zero-order valence-corrected chi connectivity index (χ0v) is 14.1. The molecule has 0 amide bonds. The number of rotatable bonds is 4. The third-order valence-electron chi connectivity index (χ3n) is 3.37. The van der Waals surface area contributed by atoms with Crippen LogP contribution in [0.4, 0.5) is 11.4 Å². The van der Waals surface area contributed by atoms with Gasteiger partial charge in [0.1, 0.15) is 5.75 Å². The van der Waals surface area contributed by atoms with Crippen molar-refractivity contribution >= 4 is 40.8 Å². The van der Waals surface area contributed by atoms with Crippen LogP contribution in [-0.4, -0.2) is 11.3 Å². The van der Waals surface area contributed by atoms with Gasteiger partial charge in [0.15, 0.2) is 0 Å². The Hall–Kier alpha value is -2.49. The molecule has 3 rings (SSSR count). The molecule has 0 unspecified atom stereocenters. The number of anilines is 2. The molecule has 24 heavy (non-hydrogen) atoms. The first-order chi connectivity index (χ1) is 11.6. The Kier molecular flexibility index (Phi) is 5.04. The lowest BCUT2D eigenvalue weighted by Gasteiger charge is -2.19. The van der Waals surface area contributed by atoms with Crippen LogP contribution in [0.25, 0.3) is 0 Å². The van der Waals surface area contributed by atoms with E-state index in [4.69, 9.17) is 23.2 Å². The lowest BCUT2D eigenvalue weighted by Crippen LogP contribution is -2.09. The Labute approximate surface area is 150 Å². The fourth-order valence-electron chi connectivity index (χ4n) is 2.23. The summed E-state index contributed by atoms with van der Waals surface area (Å²) < 4.78 is 0. The van der Waals surface area contributed by atoms with E-state index >= 15 is 0 Å². The van der Waals surface area contributed by atoms with Gasteiger partial charge in [-0.15, -0.1) is 0 Å². The van der Waals surface area contributed by atoms with E-state index in [1.54, 1.807) is 11.1 Å². The van der Waals surface area contributed by atoms with Crippen molar-refractivity contribution in [3.05, 3.63) is 88.4 Å². The van der Waals surface area contributed by atoms with Crippen molar-refractivity contribution in [2.45, 2.75) is 0 Å². The Morgan fingerprint density at radius 3 is 1.92 bits per heavy atom. The number of para-hydroxylation sites is 2. The molecule has 3 nitrogen and oxygen atoms in total. The Balaban J connectivity index is 2.02. The number of hydrazone groups is 1. The smallest absolute Gasteiger partial charge is 0.143 e. The molecule has 0 heterocycles. The molecule has 5 heteroatoms. The predicted molar refractivity (Wildman–Crippen MR) is 101 cm³/mol. The maximum absolute atomic E-state index is 10.1. The van der Waals surface area contributed by atoms with Crippen LogP contribution in [0.2, 0.25) is 10.0 Å². The molecule has 0 fully saturated rings. The molecule has 0 spiro atoms. The number of halogens is 2. The van der Waals surface area contributed by atoms with E-state index in [1.165, 1.54) is 12.3 Å². The highest BCUT2D eigenvalue weighted by atomic mass is 35.5. The summed E-state index contributed by atoms with van der Waals surface area (Å²) in [6.45, 7) is 0. The highest BCUT2D eigenvalue weighted by Crippen LogP contribution is 2.31. The normalized spacial score (nSPS) is 10.9. The minimum absolute atomic E-state index is 0.0501. The highest BCUT2D eigenvalue weighted by Gasteiger charge is 2.09. The number of nitrogens with zero attached hydrogens (tertiary/aromatic N) is 2. The lowest BCUT2D eigenvalue weighted by atomic mass is 10.2. The van der Waals surface area contributed by atoms with Crippen LogP contribution < -0.4 is 5.01 Å². The van der Waals surface area contributed by atoms with E-state index < -0.39 is 0 Å².